The number of likely N-dealkylation sites (N-methyl/N-ethyl adjacent to an activating group) is 1. The van der Waals surface area contributed by atoms with Gasteiger partial charge in [0.15, 0.2) is 0 Å². The largest absolute Gasteiger partial charge is 0.398 e. The highest BCUT2D eigenvalue weighted by molar-refractivity contribution is 9.10. The minimum atomic E-state index is -0.442. The van der Waals surface area contributed by atoms with Gasteiger partial charge in [-0.3, -0.25) is 9.59 Å². The van der Waals surface area contributed by atoms with E-state index in [9.17, 15) is 9.59 Å². The smallest absolute Gasteiger partial charge is 0.312 e. The van der Waals surface area contributed by atoms with Crippen molar-refractivity contribution in [1.29, 1.82) is 0 Å². The van der Waals surface area contributed by atoms with E-state index in [0.717, 1.165) is 10.0 Å². The lowest BCUT2D eigenvalue weighted by Gasteiger charge is -2.33. The first-order chi connectivity index (χ1) is 9.04. The highest BCUT2D eigenvalue weighted by Crippen LogP contribution is 2.25. The van der Waals surface area contributed by atoms with E-state index in [1.54, 1.807) is 15.9 Å². The van der Waals surface area contributed by atoms with E-state index in [0.29, 0.717) is 31.9 Å². The second-order valence-corrected chi connectivity index (χ2v) is 5.22. The molecule has 2 amide bonds. The molecule has 0 saturated carbocycles. The van der Waals surface area contributed by atoms with Crippen LogP contribution in [0.3, 0.4) is 0 Å². The van der Waals surface area contributed by atoms with Crippen molar-refractivity contribution in [3.05, 3.63) is 28.2 Å². The lowest BCUT2D eigenvalue weighted by Crippen LogP contribution is -2.53. The number of benzene rings is 1. The van der Waals surface area contributed by atoms with Crippen molar-refractivity contribution in [2.45, 2.75) is 13.5 Å². The number of hydrogen-bond acceptors (Lipinski definition) is 3. The topological polar surface area (TPSA) is 66.6 Å². The highest BCUT2D eigenvalue weighted by atomic mass is 79.9. The Balaban J connectivity index is 2.14. The summed E-state index contributed by atoms with van der Waals surface area (Å²) in [7, 11) is 0. The molecule has 0 aromatic heterocycles. The Morgan fingerprint density at radius 2 is 1.84 bits per heavy atom. The zero-order chi connectivity index (χ0) is 14.0. The molecule has 0 unspecified atom stereocenters. The first-order valence-corrected chi connectivity index (χ1v) is 6.95. The molecule has 102 valence electrons. The molecule has 1 aromatic carbocycles. The van der Waals surface area contributed by atoms with E-state index in [-0.39, 0.29) is 0 Å². The molecular weight excluding hydrogens is 310 g/mol. The van der Waals surface area contributed by atoms with Gasteiger partial charge in [0.1, 0.15) is 0 Å². The lowest BCUT2D eigenvalue weighted by atomic mass is 10.1. The fourth-order valence-electron chi connectivity index (χ4n) is 2.10. The summed E-state index contributed by atoms with van der Waals surface area (Å²) in [6, 6.07) is 5.52. The summed E-state index contributed by atoms with van der Waals surface area (Å²) in [6.45, 7) is 3.98. The number of carbonyl (C=O) groups excluding carboxylic acids is 2. The third-order valence-electron chi connectivity index (χ3n) is 3.25. The summed E-state index contributed by atoms with van der Waals surface area (Å²) in [6.07, 6.45) is 0. The summed E-state index contributed by atoms with van der Waals surface area (Å²) < 4.78 is 0.785. The summed E-state index contributed by atoms with van der Waals surface area (Å²) >= 11 is 3.41. The lowest BCUT2D eigenvalue weighted by molar-refractivity contribution is -0.156. The molecule has 0 atom stereocenters. The number of anilines is 1. The highest BCUT2D eigenvalue weighted by Gasteiger charge is 2.31. The fourth-order valence-corrected chi connectivity index (χ4v) is 2.48. The van der Waals surface area contributed by atoms with Gasteiger partial charge in [-0.2, -0.15) is 0 Å². The molecule has 0 radical (unpaired) electrons. The van der Waals surface area contributed by atoms with Crippen molar-refractivity contribution in [2.24, 2.45) is 0 Å². The van der Waals surface area contributed by atoms with Crippen LogP contribution in [0.5, 0.6) is 0 Å². The third kappa shape index (κ3) is 2.73. The molecule has 6 heteroatoms. The van der Waals surface area contributed by atoms with Gasteiger partial charge in [0.25, 0.3) is 0 Å². The van der Waals surface area contributed by atoms with Crippen LogP contribution in [0, 0.1) is 0 Å². The zero-order valence-electron chi connectivity index (χ0n) is 10.7. The molecule has 1 aromatic rings. The van der Waals surface area contributed by atoms with Gasteiger partial charge in [0, 0.05) is 36.3 Å². The fraction of sp³-hybridized carbons (Fsp3) is 0.385. The number of nitrogens with zero attached hydrogens (tertiary/aromatic N) is 2. The molecule has 1 aliphatic heterocycles. The van der Waals surface area contributed by atoms with Crippen LogP contribution in [0.4, 0.5) is 5.69 Å². The maximum Gasteiger partial charge on any atom is 0.312 e. The van der Waals surface area contributed by atoms with Crippen LogP contribution in [0.25, 0.3) is 0 Å². The maximum absolute atomic E-state index is 12.0. The number of piperazine rings is 1. The van der Waals surface area contributed by atoms with Crippen LogP contribution in [0.15, 0.2) is 22.7 Å². The molecule has 0 spiro atoms. The van der Waals surface area contributed by atoms with Crippen LogP contribution in [-0.2, 0) is 16.1 Å². The van der Waals surface area contributed by atoms with Crippen LogP contribution < -0.4 is 5.73 Å². The monoisotopic (exact) mass is 325 g/mol. The number of halogens is 1. The Bertz CT molecular complexity index is 519. The van der Waals surface area contributed by atoms with Gasteiger partial charge in [0.2, 0.25) is 0 Å². The van der Waals surface area contributed by atoms with Gasteiger partial charge in [-0.25, -0.2) is 0 Å². The van der Waals surface area contributed by atoms with E-state index >= 15 is 0 Å². The predicted octanol–water partition coefficient (Wildman–Crippen LogP) is 1.22. The minimum Gasteiger partial charge on any atom is -0.398 e. The minimum absolute atomic E-state index is 0.397. The number of carbonyl (C=O) groups is 2. The molecule has 1 heterocycles. The molecular formula is C13H16BrN3O2. The van der Waals surface area contributed by atoms with E-state index < -0.39 is 11.8 Å². The van der Waals surface area contributed by atoms with Crippen molar-refractivity contribution < 1.29 is 9.59 Å². The Morgan fingerprint density at radius 1 is 1.21 bits per heavy atom. The van der Waals surface area contributed by atoms with E-state index in [1.807, 2.05) is 19.1 Å². The van der Waals surface area contributed by atoms with Gasteiger partial charge < -0.3 is 15.5 Å². The summed E-state index contributed by atoms with van der Waals surface area (Å²) in [5, 5.41) is 0. The van der Waals surface area contributed by atoms with Crippen molar-refractivity contribution in [1.82, 2.24) is 9.80 Å². The average Bonchev–Trinajstić information content (AvgIpc) is 2.40. The summed E-state index contributed by atoms with van der Waals surface area (Å²) in [4.78, 5) is 26.9. The first-order valence-electron chi connectivity index (χ1n) is 6.15. The Hall–Kier alpha value is -1.56. The van der Waals surface area contributed by atoms with E-state index in [2.05, 4.69) is 15.9 Å². The third-order valence-corrected chi connectivity index (χ3v) is 4.22. The summed E-state index contributed by atoms with van der Waals surface area (Å²) in [5.74, 6) is -0.865. The van der Waals surface area contributed by atoms with Gasteiger partial charge in [-0.15, -0.1) is 0 Å². The number of hydrogen-bond donors (Lipinski definition) is 1. The number of nitrogens with two attached hydrogens (primary N) is 1. The zero-order valence-corrected chi connectivity index (χ0v) is 12.3. The molecule has 1 aliphatic rings. The first kappa shape index (κ1) is 13.9. The van der Waals surface area contributed by atoms with Crippen LogP contribution in [0.1, 0.15) is 12.5 Å². The van der Waals surface area contributed by atoms with Crippen molar-refractivity contribution in [3.63, 3.8) is 0 Å². The summed E-state index contributed by atoms with van der Waals surface area (Å²) in [5.41, 5.74) is 7.34. The van der Waals surface area contributed by atoms with Gasteiger partial charge >= 0.3 is 11.8 Å². The second-order valence-electron chi connectivity index (χ2n) is 4.43. The standard InChI is InChI=1S/C13H16BrN3O2/c1-2-16-6-7-17(13(19)12(16)18)8-9-4-3-5-10(15)11(9)14/h3-5H,2,6-8,15H2,1H3. The number of rotatable bonds is 3. The van der Waals surface area contributed by atoms with Crippen LogP contribution >= 0.6 is 15.9 Å². The average molecular weight is 326 g/mol. The van der Waals surface area contributed by atoms with Crippen molar-refractivity contribution in [3.8, 4) is 0 Å². The van der Waals surface area contributed by atoms with Gasteiger partial charge in [-0.1, -0.05) is 12.1 Å². The molecule has 5 nitrogen and oxygen atoms in total. The molecule has 2 N–H and O–H groups in total. The van der Waals surface area contributed by atoms with E-state index in [1.165, 1.54) is 0 Å². The van der Waals surface area contributed by atoms with Crippen LogP contribution in [0.2, 0.25) is 0 Å². The Morgan fingerprint density at radius 3 is 2.53 bits per heavy atom. The maximum atomic E-state index is 12.0. The van der Waals surface area contributed by atoms with Crippen LogP contribution in [-0.4, -0.2) is 41.2 Å². The molecule has 1 fully saturated rings. The van der Waals surface area contributed by atoms with Crippen molar-refractivity contribution >= 4 is 33.4 Å². The molecule has 0 aliphatic carbocycles. The molecule has 1 saturated heterocycles. The molecule has 19 heavy (non-hydrogen) atoms. The van der Waals surface area contributed by atoms with Crippen molar-refractivity contribution in [2.75, 3.05) is 25.4 Å². The van der Waals surface area contributed by atoms with Gasteiger partial charge in [0.05, 0.1) is 0 Å². The quantitative estimate of drug-likeness (QED) is 0.671. The number of amides is 2. The molecule has 0 bridgehead atoms. The normalized spacial score (nSPS) is 16.1. The molecule has 2 rings (SSSR count). The Kier molecular flexibility index (Phi) is 4.09. The van der Waals surface area contributed by atoms with Gasteiger partial charge in [-0.05, 0) is 34.5 Å². The Labute approximate surface area is 120 Å². The predicted molar refractivity (Wildman–Crippen MR) is 76.2 cm³/mol. The second kappa shape index (κ2) is 5.61. The number of nitrogen functional groups attached to an aromatic ring is 1. The SMILES string of the molecule is CCN1CCN(Cc2cccc(N)c2Br)C(=O)C1=O. The van der Waals surface area contributed by atoms with E-state index in [4.69, 9.17) is 5.73 Å².